The number of amides is 3. The van der Waals surface area contributed by atoms with Gasteiger partial charge in [0.25, 0.3) is 0 Å². The summed E-state index contributed by atoms with van der Waals surface area (Å²) < 4.78 is 160. The number of fused-ring (bicyclic) bond motifs is 2. The number of hydrogen-bond donors (Lipinski definition) is 4. The van der Waals surface area contributed by atoms with Crippen LogP contribution in [0.25, 0.3) is 0 Å². The Morgan fingerprint density at radius 3 is 1.23 bits per heavy atom. The summed E-state index contributed by atoms with van der Waals surface area (Å²) in [7, 11) is 0. The number of nitrogens with zero attached hydrogens (tertiary/aromatic N) is 3. The molecule has 2 aliphatic heterocycles. The number of nitrogens with one attached hydrogen (secondary N) is 2. The number of carboxylic acid groups (broad SMARTS) is 1. The first kappa shape index (κ1) is 97.6. The highest BCUT2D eigenvalue weighted by Crippen LogP contribution is 2.46. The number of Topliss-reactive ketones (excluding diaryl/α,β-unsaturated/α-hetero) is 5. The summed E-state index contributed by atoms with van der Waals surface area (Å²) in [5.74, 6) is -9.73. The number of ether oxygens (including phenoxy) is 1. The van der Waals surface area contributed by atoms with Crippen LogP contribution < -0.4 is 31.1 Å². The summed E-state index contributed by atoms with van der Waals surface area (Å²) in [6.45, 7) is 14.6. The van der Waals surface area contributed by atoms with Gasteiger partial charge in [-0.1, -0.05) is 170 Å². The zero-order chi connectivity index (χ0) is 91.6. The Morgan fingerprint density at radius 2 is 0.798 bits per heavy atom. The molecule has 0 spiro atoms. The number of anilines is 7. The molecule has 3 amide bonds. The van der Waals surface area contributed by atoms with Crippen molar-refractivity contribution in [1.29, 1.82) is 0 Å². The Morgan fingerprint density at radius 1 is 0.427 bits per heavy atom. The highest BCUT2D eigenvalue weighted by molar-refractivity contribution is 6.23. The third kappa shape index (κ3) is 26.0. The van der Waals surface area contributed by atoms with E-state index < -0.39 is 118 Å². The third-order valence-electron chi connectivity index (χ3n) is 19.2. The number of halogens is 12. The molecule has 10 aromatic rings. The molecular weight excluding hydrogens is 1630 g/mol. The molecule has 10 aromatic carbocycles. The van der Waals surface area contributed by atoms with E-state index in [-0.39, 0.29) is 78.1 Å². The normalized spacial score (nSPS) is 14.2. The topological polar surface area (TPSA) is 260 Å². The lowest BCUT2D eigenvalue weighted by Gasteiger charge is -2.26. The molecule has 124 heavy (non-hydrogen) atoms. The summed E-state index contributed by atoms with van der Waals surface area (Å²) >= 11 is 0. The van der Waals surface area contributed by atoms with Gasteiger partial charge in [0.2, 0.25) is 17.7 Å². The second-order valence-electron chi connectivity index (χ2n) is 27.9. The Bertz CT molecular complexity index is 5240. The molecule has 4 unspecified atom stereocenters. The number of hydrogen-bond acceptors (Lipinski definition) is 14. The predicted molar refractivity (Wildman–Crippen MR) is 448 cm³/mol. The Hall–Kier alpha value is -13.5. The smallest absolute Gasteiger partial charge is 0.416 e. The molecule has 0 aliphatic carbocycles. The quantitative estimate of drug-likeness (QED) is 0.0226. The van der Waals surface area contributed by atoms with Gasteiger partial charge in [-0.25, -0.2) is 0 Å². The number of benzene rings is 10. The van der Waals surface area contributed by atoms with Crippen LogP contribution in [-0.4, -0.2) is 96.5 Å². The number of rotatable bonds is 21. The van der Waals surface area contributed by atoms with Crippen LogP contribution in [0.5, 0.6) is 0 Å². The molecule has 4 atom stereocenters. The van der Waals surface area contributed by atoms with E-state index >= 15 is 0 Å². The fourth-order valence-electron chi connectivity index (χ4n) is 13.6. The summed E-state index contributed by atoms with van der Waals surface area (Å²) in [5, 5.41) is 14.6. The van der Waals surface area contributed by atoms with Gasteiger partial charge in [-0.2, -0.15) is 52.7 Å². The highest BCUT2D eigenvalue weighted by atomic mass is 19.4. The number of alkyl halides is 12. The van der Waals surface area contributed by atoms with Gasteiger partial charge in [-0.3, -0.25) is 52.8 Å². The maximum atomic E-state index is 13.7. The molecule has 18 nitrogen and oxygen atoms in total. The van der Waals surface area contributed by atoms with Gasteiger partial charge in [0.15, 0.2) is 11.6 Å². The van der Waals surface area contributed by atoms with Crippen molar-refractivity contribution in [3.05, 3.63) is 316 Å². The van der Waals surface area contributed by atoms with Gasteiger partial charge in [-0.15, -0.1) is 0 Å². The van der Waals surface area contributed by atoms with Gasteiger partial charge in [0.05, 0.1) is 51.6 Å². The van der Waals surface area contributed by atoms with E-state index in [4.69, 9.17) is 15.6 Å². The standard InChI is InChI=1S/C24H19F3N2O2.C21H22F3NO3.C19H16F3NO2.C11H12O2.C10H10O3.C9H11F3N2/c1-2-28-19-14-13-17(24(25,26)27)15-20(19)29(18-11-7-4-8-12-18)23(31)21(22(28)30)16-9-5-3-6-10-16;1-3-25-17-11-10-16(21(22,23)24)12-15(17)13-18(26)19(20(27)28-4-2)14-8-6-5-7-9-14;1-2-23-15-9-8-14(19(20,21)22)10-13(15)11-16(24)17(18(23)25)12-6-4-3-5-7-12;1-8(12)11(9(2)13)10-6-4-3-5-7-10;1-7(11)9(10(12)13)8-5-3-2-4-6-8;1-2-14-8-4-3-6(5-7(8)13)9(10,11)12/h3-15,21H,2H2,1H3;5-12,19,25H,3-4,13H2,1-2H3;3-10,17H,2,11H2,1H3;3-7,11H,1-2H3;2-6,9H,1H3,(H,12,13);3-5,14H,2,13H2,1H3. The molecule has 652 valence electrons. The Balaban J connectivity index is 0.000000212. The number of ketones is 5. The van der Waals surface area contributed by atoms with E-state index in [2.05, 4.69) is 10.6 Å². The van der Waals surface area contributed by atoms with Gasteiger partial charge in [-0.05, 0) is 179 Å². The van der Waals surface area contributed by atoms with Gasteiger partial charge < -0.3 is 36.0 Å². The van der Waals surface area contributed by atoms with E-state index in [1.807, 2.05) is 25.1 Å². The number of esters is 1. The molecule has 0 fully saturated rings. The lowest BCUT2D eigenvalue weighted by molar-refractivity contribution is -0.148. The minimum atomic E-state index is -4.59. The number of aliphatic carboxylic acids is 1. The van der Waals surface area contributed by atoms with Crippen molar-refractivity contribution >= 4 is 98.4 Å². The Kier molecular flexibility index (Phi) is 34.9. The minimum Gasteiger partial charge on any atom is -0.480 e. The van der Waals surface area contributed by atoms with E-state index in [0.29, 0.717) is 58.1 Å². The summed E-state index contributed by atoms with van der Waals surface area (Å²) in [6.07, 6.45) is -18.5. The summed E-state index contributed by atoms with van der Waals surface area (Å²) in [4.78, 5) is 126. The molecule has 0 radical (unpaired) electrons. The monoisotopic (exact) mass is 1720 g/mol. The van der Waals surface area contributed by atoms with Crippen molar-refractivity contribution < 1.29 is 110 Å². The van der Waals surface area contributed by atoms with E-state index in [1.54, 1.807) is 191 Å². The lowest BCUT2D eigenvalue weighted by atomic mass is 9.90. The number of nitrogen functional groups attached to an aromatic ring is 1. The van der Waals surface area contributed by atoms with Gasteiger partial charge >= 0.3 is 36.6 Å². The molecule has 0 saturated carbocycles. The molecule has 0 bridgehead atoms. The van der Waals surface area contributed by atoms with E-state index in [0.717, 1.165) is 54.1 Å². The van der Waals surface area contributed by atoms with Crippen LogP contribution in [0.1, 0.15) is 146 Å². The van der Waals surface area contributed by atoms with Crippen LogP contribution in [0.2, 0.25) is 0 Å². The fraction of sp³-hybridized carbons (Fsp3) is 0.255. The largest absolute Gasteiger partial charge is 0.480 e. The van der Waals surface area contributed by atoms with E-state index in [9.17, 15) is 101 Å². The zero-order valence-corrected chi connectivity index (χ0v) is 68.5. The molecule has 12 rings (SSSR count). The van der Waals surface area contributed by atoms with Gasteiger partial charge in [0, 0.05) is 56.1 Å². The zero-order valence-electron chi connectivity index (χ0n) is 68.5. The van der Waals surface area contributed by atoms with Crippen molar-refractivity contribution in [2.75, 3.05) is 63.9 Å². The number of carbonyl (C=O) groups excluding carboxylic acids is 9. The lowest BCUT2D eigenvalue weighted by Crippen LogP contribution is -2.39. The molecule has 2 heterocycles. The third-order valence-corrected chi connectivity index (χ3v) is 19.2. The highest BCUT2D eigenvalue weighted by Gasteiger charge is 2.44. The number of carboxylic acids is 1. The molecular formula is C94H90F12N6O12. The van der Waals surface area contributed by atoms with Crippen molar-refractivity contribution in [2.24, 2.45) is 0 Å². The average molecular weight is 1720 g/mol. The van der Waals surface area contributed by atoms with Gasteiger partial charge in [0.1, 0.15) is 46.9 Å². The minimum absolute atomic E-state index is 0.0275. The maximum Gasteiger partial charge on any atom is 0.416 e. The average Bonchev–Trinajstić information content (AvgIpc) is 1.59. The number of para-hydroxylation sites is 1. The van der Waals surface area contributed by atoms with Crippen LogP contribution in [0.15, 0.2) is 255 Å². The maximum absolute atomic E-state index is 13.7. The van der Waals surface area contributed by atoms with Crippen molar-refractivity contribution in [3.63, 3.8) is 0 Å². The first-order valence-electron chi connectivity index (χ1n) is 38.9. The van der Waals surface area contributed by atoms with Crippen LogP contribution in [0, 0.1) is 0 Å². The second-order valence-corrected chi connectivity index (χ2v) is 27.9. The first-order valence-corrected chi connectivity index (χ1v) is 38.9. The van der Waals surface area contributed by atoms with Crippen molar-refractivity contribution in [2.45, 2.75) is 123 Å². The first-order chi connectivity index (χ1) is 58.6. The van der Waals surface area contributed by atoms with Crippen LogP contribution >= 0.6 is 0 Å². The van der Waals surface area contributed by atoms with E-state index in [1.165, 1.54) is 59.7 Å². The molecule has 5 N–H and O–H groups in total. The van der Waals surface area contributed by atoms with Crippen LogP contribution in [0.4, 0.5) is 92.5 Å². The van der Waals surface area contributed by atoms with Crippen molar-refractivity contribution in [1.82, 2.24) is 0 Å². The number of likely N-dealkylation sites (N-methyl/N-ethyl adjacent to an activating group) is 2. The van der Waals surface area contributed by atoms with Crippen molar-refractivity contribution in [3.8, 4) is 0 Å². The molecule has 2 aliphatic rings. The molecule has 0 aromatic heterocycles. The fourth-order valence-corrected chi connectivity index (χ4v) is 13.6. The molecule has 30 heteroatoms. The van der Waals surface area contributed by atoms with Crippen LogP contribution in [-0.2, 0) is 90.2 Å². The number of nitrogens with two attached hydrogens (primary N) is 1. The summed E-state index contributed by atoms with van der Waals surface area (Å²) in [5.41, 5.74) is 7.50. The predicted octanol–water partition coefficient (Wildman–Crippen LogP) is 20.2. The summed E-state index contributed by atoms with van der Waals surface area (Å²) in [6, 6.07) is 64.3. The van der Waals surface area contributed by atoms with Crippen LogP contribution in [0.3, 0.4) is 0 Å². The number of carbonyl (C=O) groups is 10. The Labute approximate surface area is 708 Å². The second kappa shape index (κ2) is 44.3. The molecule has 0 saturated heterocycles. The SMILES string of the molecule is CC(=O)C(C(=O)O)c1ccccc1.CC(=O)C(C(C)=O)c1ccccc1.CCN1C(=O)C(c2ccccc2)C(=O)Cc2cc(C(F)(F)F)ccc21.CCN1C(=O)C(c2ccccc2)C(=O)N(c2ccccc2)c2cc(C(F)(F)F)ccc21.CCNc1ccc(C(F)(F)F)cc1CC(=O)C(C(=O)OCC)c1ccccc1.CCNc1ccc(C(F)(F)F)cc1N.